The fourth-order valence-corrected chi connectivity index (χ4v) is 4.79. The normalized spacial score (nSPS) is 17.4. The van der Waals surface area contributed by atoms with Crippen molar-refractivity contribution in [1.82, 2.24) is 15.5 Å². The van der Waals surface area contributed by atoms with Gasteiger partial charge in [-0.3, -0.25) is 14.5 Å². The molecule has 3 amide bonds. The molecule has 0 unspecified atom stereocenters. The minimum atomic E-state index is -0.801. The van der Waals surface area contributed by atoms with Crippen LogP contribution in [0, 0.1) is 0 Å². The molecule has 2 N–H and O–H groups in total. The second-order valence-electron chi connectivity index (χ2n) is 11.9. The molecule has 1 fully saturated rings. The summed E-state index contributed by atoms with van der Waals surface area (Å²) in [5.41, 5.74) is 1.56. The van der Waals surface area contributed by atoms with Crippen LogP contribution in [0.15, 0.2) is 89.9 Å². The monoisotopic (exact) mass is 554 g/mol. The van der Waals surface area contributed by atoms with Gasteiger partial charge in [-0.05, 0) is 70.4 Å². The Bertz CT molecular complexity index is 1430. The van der Waals surface area contributed by atoms with Crippen LogP contribution in [0.2, 0.25) is 0 Å². The van der Waals surface area contributed by atoms with E-state index >= 15 is 0 Å². The third-order valence-corrected chi connectivity index (χ3v) is 6.62. The van der Waals surface area contributed by atoms with Gasteiger partial charge in [-0.2, -0.15) is 0 Å². The van der Waals surface area contributed by atoms with Crippen molar-refractivity contribution < 1.29 is 19.1 Å². The largest absolute Gasteiger partial charge is 0.442 e. The number of amides is 3. The minimum Gasteiger partial charge on any atom is -0.442 e. The number of rotatable bonds is 6. The fourth-order valence-electron chi connectivity index (χ4n) is 4.79. The highest BCUT2D eigenvalue weighted by molar-refractivity contribution is 6.04. The van der Waals surface area contributed by atoms with Crippen LogP contribution in [0.4, 0.5) is 4.79 Å². The van der Waals surface area contributed by atoms with E-state index in [4.69, 9.17) is 4.74 Å². The number of ether oxygens (including phenoxy) is 1. The molecule has 1 aliphatic rings. The van der Waals surface area contributed by atoms with Crippen LogP contribution in [0.25, 0.3) is 0 Å². The summed E-state index contributed by atoms with van der Waals surface area (Å²) in [4.78, 5) is 45.6. The average Bonchev–Trinajstić information content (AvgIpc) is 2.90. The first-order valence-corrected chi connectivity index (χ1v) is 13.8. The van der Waals surface area contributed by atoms with Crippen molar-refractivity contribution in [1.29, 1.82) is 0 Å². The summed E-state index contributed by atoms with van der Waals surface area (Å²) in [7, 11) is 0. The molecule has 214 valence electrons. The molecule has 8 nitrogen and oxygen atoms in total. The minimum absolute atomic E-state index is 0.0990. The summed E-state index contributed by atoms with van der Waals surface area (Å²) in [5.74, 6) is -0.346. The molecule has 3 aromatic rings. The van der Waals surface area contributed by atoms with Gasteiger partial charge < -0.3 is 15.4 Å². The molecule has 0 radical (unpaired) electrons. The molecule has 8 heteroatoms. The molecule has 1 aliphatic heterocycles. The lowest BCUT2D eigenvalue weighted by Gasteiger charge is -2.42. The molecule has 0 bridgehead atoms. The molecule has 0 aliphatic carbocycles. The Labute approximate surface area is 241 Å². The van der Waals surface area contributed by atoms with Crippen molar-refractivity contribution >= 4 is 23.9 Å². The van der Waals surface area contributed by atoms with Crippen LogP contribution >= 0.6 is 0 Å². The van der Waals surface area contributed by atoms with Crippen LogP contribution in [0.5, 0.6) is 0 Å². The molecule has 3 aromatic carbocycles. The van der Waals surface area contributed by atoms with Gasteiger partial charge in [0.2, 0.25) is 11.9 Å². The fraction of sp³-hybridized carbons (Fsp3) is 0.333. The molecular weight excluding hydrogens is 516 g/mol. The summed E-state index contributed by atoms with van der Waals surface area (Å²) in [6.45, 7) is 11.0. The molecular formula is C33H38N4O4. The number of aliphatic imine (C=N–C) groups is 1. The van der Waals surface area contributed by atoms with Crippen LogP contribution in [0.1, 0.15) is 87.1 Å². The van der Waals surface area contributed by atoms with E-state index in [1.807, 2.05) is 87.5 Å². The summed E-state index contributed by atoms with van der Waals surface area (Å²) >= 11 is 0. The number of benzene rings is 3. The van der Waals surface area contributed by atoms with Crippen molar-refractivity contribution in [3.63, 3.8) is 0 Å². The predicted molar refractivity (Wildman–Crippen MR) is 159 cm³/mol. The first-order chi connectivity index (χ1) is 19.3. The number of nitrogens with one attached hydrogen (secondary N) is 2. The first-order valence-electron chi connectivity index (χ1n) is 13.8. The molecule has 1 heterocycles. The van der Waals surface area contributed by atoms with Gasteiger partial charge in [0, 0.05) is 17.5 Å². The van der Waals surface area contributed by atoms with Gasteiger partial charge in [0.15, 0.2) is 0 Å². The second kappa shape index (κ2) is 12.0. The lowest BCUT2D eigenvalue weighted by molar-refractivity contribution is -0.131. The predicted octanol–water partition coefficient (Wildman–Crippen LogP) is 6.16. The zero-order chi connectivity index (χ0) is 29.8. The maximum Gasteiger partial charge on any atom is 0.437 e. The molecule has 0 aromatic heterocycles. The summed E-state index contributed by atoms with van der Waals surface area (Å²) in [5, 5.41) is 6.32. The Morgan fingerprint density at radius 1 is 0.927 bits per heavy atom. The maximum absolute atomic E-state index is 13.8. The Balaban J connectivity index is 1.75. The molecule has 0 saturated carbocycles. The van der Waals surface area contributed by atoms with Crippen molar-refractivity contribution in [2.75, 3.05) is 0 Å². The number of hydrogen-bond donors (Lipinski definition) is 2. The second-order valence-corrected chi connectivity index (χ2v) is 11.9. The molecule has 0 spiro atoms. The van der Waals surface area contributed by atoms with Gasteiger partial charge in [0.05, 0.1) is 12.1 Å². The van der Waals surface area contributed by atoms with E-state index in [9.17, 15) is 14.4 Å². The molecule has 41 heavy (non-hydrogen) atoms. The topological polar surface area (TPSA) is 100 Å². The van der Waals surface area contributed by atoms with Gasteiger partial charge in [-0.25, -0.2) is 4.79 Å². The molecule has 4 rings (SSSR count). The Kier molecular flexibility index (Phi) is 8.61. The first kappa shape index (κ1) is 29.5. The number of guanidine groups is 1. The Hall–Kier alpha value is -4.46. The zero-order valence-corrected chi connectivity index (χ0v) is 24.5. The lowest BCUT2D eigenvalue weighted by Crippen LogP contribution is -2.61. The van der Waals surface area contributed by atoms with E-state index < -0.39 is 23.3 Å². The van der Waals surface area contributed by atoms with Gasteiger partial charge in [-0.15, -0.1) is 4.99 Å². The quantitative estimate of drug-likeness (QED) is 0.380. The Morgan fingerprint density at radius 3 is 2.12 bits per heavy atom. The third kappa shape index (κ3) is 7.60. The molecule has 2 atom stereocenters. The van der Waals surface area contributed by atoms with Crippen molar-refractivity contribution in [2.24, 2.45) is 4.99 Å². The van der Waals surface area contributed by atoms with Crippen LogP contribution in [-0.2, 0) is 9.53 Å². The number of nitrogens with zero attached hydrogens (tertiary/aromatic N) is 2. The van der Waals surface area contributed by atoms with Crippen molar-refractivity contribution in [3.8, 4) is 0 Å². The van der Waals surface area contributed by atoms with Crippen molar-refractivity contribution in [3.05, 3.63) is 107 Å². The highest BCUT2D eigenvalue weighted by Gasteiger charge is 2.41. The zero-order valence-electron chi connectivity index (χ0n) is 24.5. The van der Waals surface area contributed by atoms with Gasteiger partial charge in [-0.1, -0.05) is 72.8 Å². The standard InChI is InChI=1S/C33H38N4O4/c1-22(23-14-9-7-10-15-23)34-29(39)26-19-13-18-25(20-26)28(24-16-11-8-12-17-24)37-27(38)21-33(5,6)36-30(37)35-31(40)41-32(2,3)4/h7-20,22,28H,21H2,1-6H3,(H,34,39)(H,35,36,40)/t22-,28+/m0/s1. The van der Waals surface area contributed by atoms with Crippen molar-refractivity contribution in [2.45, 2.75) is 71.2 Å². The lowest BCUT2D eigenvalue weighted by atomic mass is 9.91. The SMILES string of the molecule is C[C@H](NC(=O)c1cccc([C@@H](c2ccccc2)N2C(=O)CC(C)(C)NC2=NC(=O)OC(C)(C)C)c1)c1ccccc1. The van der Waals surface area contributed by atoms with E-state index in [2.05, 4.69) is 15.6 Å². The van der Waals surface area contributed by atoms with Crippen LogP contribution in [0.3, 0.4) is 0 Å². The number of hydrogen-bond acceptors (Lipinski definition) is 4. The maximum atomic E-state index is 13.8. The molecule has 1 saturated heterocycles. The third-order valence-electron chi connectivity index (χ3n) is 6.62. The summed E-state index contributed by atoms with van der Waals surface area (Å²) in [6.07, 6.45) is -0.622. The van der Waals surface area contributed by atoms with E-state index in [1.165, 1.54) is 4.90 Å². The Morgan fingerprint density at radius 2 is 1.51 bits per heavy atom. The van der Waals surface area contributed by atoms with Gasteiger partial charge >= 0.3 is 6.09 Å². The van der Waals surface area contributed by atoms with Gasteiger partial charge in [0.1, 0.15) is 5.60 Å². The summed E-state index contributed by atoms with van der Waals surface area (Å²) in [6, 6.07) is 25.6. The number of carbonyl (C=O) groups is 3. The van der Waals surface area contributed by atoms with Crippen LogP contribution in [-0.4, -0.2) is 39.9 Å². The highest BCUT2D eigenvalue weighted by atomic mass is 16.6. The smallest absolute Gasteiger partial charge is 0.437 e. The average molecular weight is 555 g/mol. The van der Waals surface area contributed by atoms with Gasteiger partial charge in [0.25, 0.3) is 5.91 Å². The van der Waals surface area contributed by atoms with Crippen LogP contribution < -0.4 is 10.6 Å². The number of carbonyl (C=O) groups excluding carboxylic acids is 3. The van der Waals surface area contributed by atoms with E-state index in [0.29, 0.717) is 11.1 Å². The summed E-state index contributed by atoms with van der Waals surface area (Å²) < 4.78 is 5.45. The van der Waals surface area contributed by atoms with E-state index in [-0.39, 0.29) is 30.2 Å². The van der Waals surface area contributed by atoms with E-state index in [0.717, 1.165) is 11.1 Å². The van der Waals surface area contributed by atoms with E-state index in [1.54, 1.807) is 39.0 Å². The highest BCUT2D eigenvalue weighted by Crippen LogP contribution is 2.33.